The van der Waals surface area contributed by atoms with Gasteiger partial charge < -0.3 is 20.9 Å². The highest BCUT2D eigenvalue weighted by Gasteiger charge is 2.16. The van der Waals surface area contributed by atoms with Gasteiger partial charge in [0.1, 0.15) is 0 Å². The minimum atomic E-state index is -0.179. The molecule has 0 aliphatic carbocycles. The van der Waals surface area contributed by atoms with Gasteiger partial charge in [-0.15, -0.1) is 10.2 Å². The third-order valence-corrected chi connectivity index (χ3v) is 3.58. The van der Waals surface area contributed by atoms with E-state index in [1.165, 1.54) is 0 Å². The minimum Gasteiger partial charge on any atom is -0.354 e. The summed E-state index contributed by atoms with van der Waals surface area (Å²) in [7, 11) is 0. The zero-order valence-electron chi connectivity index (χ0n) is 12.6. The van der Waals surface area contributed by atoms with Crippen molar-refractivity contribution in [2.75, 3.05) is 50.7 Å². The normalized spacial score (nSPS) is 16.6. The monoisotopic (exact) mass is 292 g/mol. The van der Waals surface area contributed by atoms with Crippen molar-refractivity contribution < 1.29 is 4.79 Å². The third kappa shape index (κ3) is 4.37. The first kappa shape index (κ1) is 15.7. The van der Waals surface area contributed by atoms with E-state index in [9.17, 15) is 4.79 Å². The van der Waals surface area contributed by atoms with Crippen molar-refractivity contribution in [2.24, 2.45) is 5.73 Å². The molecule has 3 N–H and O–H groups in total. The Labute approximate surface area is 125 Å². The van der Waals surface area contributed by atoms with E-state index in [0.717, 1.165) is 45.0 Å². The molecule has 2 rings (SSSR count). The second kappa shape index (κ2) is 7.90. The Morgan fingerprint density at radius 1 is 1.29 bits per heavy atom. The van der Waals surface area contributed by atoms with Crippen LogP contribution in [-0.4, -0.2) is 66.8 Å². The van der Waals surface area contributed by atoms with Gasteiger partial charge in [-0.1, -0.05) is 0 Å². The maximum Gasteiger partial charge on any atom is 0.271 e. The highest BCUT2D eigenvalue weighted by Crippen LogP contribution is 2.13. The van der Waals surface area contributed by atoms with Crippen LogP contribution in [0.2, 0.25) is 0 Å². The average molecular weight is 292 g/mol. The maximum atomic E-state index is 11.7. The van der Waals surface area contributed by atoms with Crippen LogP contribution < -0.4 is 16.0 Å². The number of anilines is 1. The smallest absolute Gasteiger partial charge is 0.271 e. The van der Waals surface area contributed by atoms with Crippen LogP contribution in [-0.2, 0) is 0 Å². The zero-order valence-corrected chi connectivity index (χ0v) is 12.6. The van der Waals surface area contributed by atoms with E-state index in [0.29, 0.717) is 18.8 Å². The van der Waals surface area contributed by atoms with Crippen molar-refractivity contribution in [1.29, 1.82) is 0 Å². The Balaban J connectivity index is 1.97. The first-order chi connectivity index (χ1) is 10.2. The Bertz CT molecular complexity index is 449. The average Bonchev–Trinajstić information content (AvgIpc) is 2.74. The van der Waals surface area contributed by atoms with Gasteiger partial charge in [0, 0.05) is 39.3 Å². The van der Waals surface area contributed by atoms with Gasteiger partial charge in [0.25, 0.3) is 5.91 Å². The first-order valence-electron chi connectivity index (χ1n) is 7.54. The molecule has 0 atom stereocenters. The summed E-state index contributed by atoms with van der Waals surface area (Å²) in [6.45, 7) is 8.02. The van der Waals surface area contributed by atoms with Crippen LogP contribution in [0.15, 0.2) is 12.1 Å². The molecule has 7 heteroatoms. The van der Waals surface area contributed by atoms with Gasteiger partial charge in [-0.25, -0.2) is 0 Å². The predicted octanol–water partition coefficient (Wildman–Crippen LogP) is -0.303. The quantitative estimate of drug-likeness (QED) is 0.774. The van der Waals surface area contributed by atoms with Gasteiger partial charge in [0.05, 0.1) is 0 Å². The lowest BCUT2D eigenvalue weighted by Gasteiger charge is -2.22. The van der Waals surface area contributed by atoms with Crippen molar-refractivity contribution in [3.63, 3.8) is 0 Å². The Kier molecular flexibility index (Phi) is 5.89. The minimum absolute atomic E-state index is 0.179. The number of hydrogen-bond acceptors (Lipinski definition) is 6. The Hall–Kier alpha value is -1.73. The molecule has 1 amide bonds. The van der Waals surface area contributed by atoms with Crippen molar-refractivity contribution in [2.45, 2.75) is 13.3 Å². The molecule has 0 radical (unpaired) electrons. The maximum absolute atomic E-state index is 11.7. The fourth-order valence-electron chi connectivity index (χ4n) is 2.47. The van der Waals surface area contributed by atoms with Crippen molar-refractivity contribution >= 4 is 11.7 Å². The molecular weight excluding hydrogens is 268 g/mol. The lowest BCUT2D eigenvalue weighted by Crippen LogP contribution is -2.34. The number of rotatable bonds is 5. The molecule has 0 spiro atoms. The number of nitrogens with zero attached hydrogens (tertiary/aromatic N) is 4. The predicted molar refractivity (Wildman–Crippen MR) is 82.4 cm³/mol. The summed E-state index contributed by atoms with van der Waals surface area (Å²) in [5, 5.41) is 10.9. The topological polar surface area (TPSA) is 87.4 Å². The lowest BCUT2D eigenvalue weighted by atomic mass is 10.3. The van der Waals surface area contributed by atoms with Gasteiger partial charge in [0.2, 0.25) is 0 Å². The summed E-state index contributed by atoms with van der Waals surface area (Å²) in [6.07, 6.45) is 1.08. The molecule has 0 aromatic carbocycles. The van der Waals surface area contributed by atoms with Crippen LogP contribution in [0.3, 0.4) is 0 Å². The van der Waals surface area contributed by atoms with Crippen molar-refractivity contribution in [3.8, 4) is 0 Å². The molecule has 0 bridgehead atoms. The molecule has 1 aliphatic rings. The largest absolute Gasteiger partial charge is 0.354 e. The highest BCUT2D eigenvalue weighted by atomic mass is 16.1. The first-order valence-corrected chi connectivity index (χ1v) is 7.54. The van der Waals surface area contributed by atoms with Crippen LogP contribution in [0.5, 0.6) is 0 Å². The summed E-state index contributed by atoms with van der Waals surface area (Å²) >= 11 is 0. The van der Waals surface area contributed by atoms with Crippen LogP contribution in [0.4, 0.5) is 5.82 Å². The highest BCUT2D eigenvalue weighted by molar-refractivity contribution is 5.92. The summed E-state index contributed by atoms with van der Waals surface area (Å²) in [5.41, 5.74) is 5.97. The number of carbonyl (C=O) groups is 1. The Morgan fingerprint density at radius 3 is 2.81 bits per heavy atom. The number of amides is 1. The lowest BCUT2D eigenvalue weighted by molar-refractivity contribution is 0.0950. The van der Waals surface area contributed by atoms with E-state index in [1.54, 1.807) is 6.07 Å². The molecule has 1 aliphatic heterocycles. The molecule has 0 unspecified atom stereocenters. The molecular formula is C14H24N6O. The summed E-state index contributed by atoms with van der Waals surface area (Å²) in [4.78, 5) is 16.2. The molecule has 1 saturated heterocycles. The number of hydrogen-bond donors (Lipinski definition) is 2. The van der Waals surface area contributed by atoms with Gasteiger partial charge in [-0.05, 0) is 32.0 Å². The summed E-state index contributed by atoms with van der Waals surface area (Å²) in [5.74, 6) is 0.652. The molecule has 21 heavy (non-hydrogen) atoms. The number of nitrogens with one attached hydrogen (secondary N) is 1. The zero-order chi connectivity index (χ0) is 15.1. The van der Waals surface area contributed by atoms with Crippen molar-refractivity contribution in [3.05, 3.63) is 17.8 Å². The van der Waals surface area contributed by atoms with Crippen molar-refractivity contribution in [1.82, 2.24) is 20.4 Å². The van der Waals surface area contributed by atoms with E-state index in [-0.39, 0.29) is 5.91 Å². The molecule has 1 aromatic heterocycles. The molecule has 1 fully saturated rings. The molecule has 0 saturated carbocycles. The van der Waals surface area contributed by atoms with Gasteiger partial charge in [-0.3, -0.25) is 4.79 Å². The van der Waals surface area contributed by atoms with E-state index < -0.39 is 0 Å². The SMILES string of the molecule is CCNC(=O)c1ccc(N2CCCN(CCN)CC2)nn1. The van der Waals surface area contributed by atoms with Crippen LogP contribution in [0, 0.1) is 0 Å². The number of carbonyl (C=O) groups excluding carboxylic acids is 1. The van der Waals surface area contributed by atoms with Gasteiger partial charge in [0.15, 0.2) is 11.5 Å². The second-order valence-corrected chi connectivity index (χ2v) is 5.11. The van der Waals surface area contributed by atoms with E-state index in [2.05, 4.69) is 25.3 Å². The third-order valence-electron chi connectivity index (χ3n) is 3.58. The van der Waals surface area contributed by atoms with Crippen LogP contribution in [0.1, 0.15) is 23.8 Å². The van der Waals surface area contributed by atoms with Gasteiger partial charge >= 0.3 is 0 Å². The fourth-order valence-corrected chi connectivity index (χ4v) is 2.47. The molecule has 1 aromatic rings. The summed E-state index contributed by atoms with van der Waals surface area (Å²) in [6, 6.07) is 3.60. The molecule has 7 nitrogen and oxygen atoms in total. The molecule has 2 heterocycles. The van der Waals surface area contributed by atoms with Crippen LogP contribution >= 0.6 is 0 Å². The second-order valence-electron chi connectivity index (χ2n) is 5.11. The van der Waals surface area contributed by atoms with E-state index >= 15 is 0 Å². The fraction of sp³-hybridized carbons (Fsp3) is 0.643. The Morgan fingerprint density at radius 2 is 2.14 bits per heavy atom. The van der Waals surface area contributed by atoms with Gasteiger partial charge in [-0.2, -0.15) is 0 Å². The standard InChI is InChI=1S/C14H24N6O/c1-2-16-14(21)12-4-5-13(18-17-12)20-8-3-7-19(9-6-15)10-11-20/h4-5H,2-3,6-11,15H2,1H3,(H,16,21). The number of aromatic nitrogens is 2. The molecule has 116 valence electrons. The summed E-state index contributed by atoms with van der Waals surface area (Å²) < 4.78 is 0. The van der Waals surface area contributed by atoms with E-state index in [4.69, 9.17) is 5.73 Å². The van der Waals surface area contributed by atoms with Crippen LogP contribution in [0.25, 0.3) is 0 Å². The number of nitrogens with two attached hydrogens (primary N) is 1. The van der Waals surface area contributed by atoms with E-state index in [1.807, 2.05) is 13.0 Å².